The van der Waals surface area contributed by atoms with Crippen LogP contribution in [0, 0.1) is 11.3 Å². The summed E-state index contributed by atoms with van der Waals surface area (Å²) < 4.78 is 0. The molecule has 0 heterocycles. The standard InChI is InChI=1S/C15H32N2/c1-6-10-17(7-2)12-13-11-15(3,4)9-8-14(13)16-5/h13-14,16H,6-12H2,1-5H3. The van der Waals surface area contributed by atoms with E-state index in [2.05, 4.69) is 45.0 Å². The third-order valence-electron chi connectivity index (χ3n) is 4.37. The highest BCUT2D eigenvalue weighted by Gasteiger charge is 2.34. The maximum absolute atomic E-state index is 3.54. The second-order valence-corrected chi connectivity index (χ2v) is 6.46. The van der Waals surface area contributed by atoms with E-state index in [-0.39, 0.29) is 0 Å². The lowest BCUT2D eigenvalue weighted by molar-refractivity contribution is 0.105. The van der Waals surface area contributed by atoms with Gasteiger partial charge in [0, 0.05) is 12.6 Å². The van der Waals surface area contributed by atoms with Crippen molar-refractivity contribution in [1.82, 2.24) is 10.2 Å². The van der Waals surface area contributed by atoms with E-state index in [1.54, 1.807) is 0 Å². The molecule has 0 aromatic carbocycles. The van der Waals surface area contributed by atoms with Gasteiger partial charge in [-0.1, -0.05) is 27.7 Å². The number of rotatable bonds is 6. The van der Waals surface area contributed by atoms with Crippen LogP contribution in [0.25, 0.3) is 0 Å². The van der Waals surface area contributed by atoms with Crippen molar-refractivity contribution in [3.63, 3.8) is 0 Å². The Labute approximate surface area is 108 Å². The molecule has 2 atom stereocenters. The van der Waals surface area contributed by atoms with Crippen molar-refractivity contribution >= 4 is 0 Å². The number of nitrogens with one attached hydrogen (secondary N) is 1. The summed E-state index contributed by atoms with van der Waals surface area (Å²) in [5.74, 6) is 0.829. The summed E-state index contributed by atoms with van der Waals surface area (Å²) in [5.41, 5.74) is 0.545. The second-order valence-electron chi connectivity index (χ2n) is 6.46. The van der Waals surface area contributed by atoms with Gasteiger partial charge in [-0.25, -0.2) is 0 Å². The zero-order valence-electron chi connectivity index (χ0n) is 12.6. The Morgan fingerprint density at radius 1 is 1.29 bits per heavy atom. The van der Waals surface area contributed by atoms with Gasteiger partial charge < -0.3 is 10.2 Å². The monoisotopic (exact) mass is 240 g/mol. The summed E-state index contributed by atoms with van der Waals surface area (Å²) in [6.07, 6.45) is 5.36. The van der Waals surface area contributed by atoms with Crippen molar-refractivity contribution in [2.75, 3.05) is 26.7 Å². The molecule has 0 saturated heterocycles. The van der Waals surface area contributed by atoms with Crippen molar-refractivity contribution in [2.45, 2.75) is 59.4 Å². The van der Waals surface area contributed by atoms with E-state index in [1.807, 2.05) is 0 Å². The van der Waals surface area contributed by atoms with Crippen molar-refractivity contribution in [3.8, 4) is 0 Å². The van der Waals surface area contributed by atoms with Gasteiger partial charge in [0.05, 0.1) is 0 Å². The summed E-state index contributed by atoms with van der Waals surface area (Å²) >= 11 is 0. The smallest absolute Gasteiger partial charge is 0.0105 e. The van der Waals surface area contributed by atoms with Crippen molar-refractivity contribution < 1.29 is 0 Å². The number of hydrogen-bond donors (Lipinski definition) is 1. The Morgan fingerprint density at radius 2 is 2.00 bits per heavy atom. The van der Waals surface area contributed by atoms with Crippen molar-refractivity contribution in [2.24, 2.45) is 11.3 Å². The molecule has 1 saturated carbocycles. The summed E-state index contributed by atoms with van der Waals surface area (Å²) in [7, 11) is 2.13. The fraction of sp³-hybridized carbons (Fsp3) is 1.00. The second kappa shape index (κ2) is 6.75. The van der Waals surface area contributed by atoms with Gasteiger partial charge in [-0.05, 0) is 57.2 Å². The maximum Gasteiger partial charge on any atom is 0.0105 e. The molecule has 1 fully saturated rings. The summed E-state index contributed by atoms with van der Waals surface area (Å²) in [4.78, 5) is 2.62. The quantitative estimate of drug-likeness (QED) is 0.767. The molecule has 0 aliphatic heterocycles. The van der Waals surface area contributed by atoms with E-state index in [9.17, 15) is 0 Å². The van der Waals surface area contributed by atoms with Crippen molar-refractivity contribution in [1.29, 1.82) is 0 Å². The van der Waals surface area contributed by atoms with E-state index in [0.717, 1.165) is 12.0 Å². The predicted molar refractivity (Wildman–Crippen MR) is 76.4 cm³/mol. The Bertz CT molecular complexity index is 213. The Kier molecular flexibility index (Phi) is 5.94. The first kappa shape index (κ1) is 15.0. The Hall–Kier alpha value is -0.0800. The van der Waals surface area contributed by atoms with Gasteiger partial charge in [0.25, 0.3) is 0 Å². The third kappa shape index (κ3) is 4.59. The largest absolute Gasteiger partial charge is 0.317 e. The molecule has 0 aromatic heterocycles. The van der Waals surface area contributed by atoms with Gasteiger partial charge in [-0.3, -0.25) is 0 Å². The highest BCUT2D eigenvalue weighted by atomic mass is 15.1. The van der Waals surface area contributed by atoms with E-state index in [0.29, 0.717) is 5.41 Å². The average Bonchev–Trinajstić information content (AvgIpc) is 2.27. The molecule has 2 nitrogen and oxygen atoms in total. The molecule has 0 amide bonds. The van der Waals surface area contributed by atoms with Crippen LogP contribution in [0.4, 0.5) is 0 Å². The van der Waals surface area contributed by atoms with Gasteiger partial charge >= 0.3 is 0 Å². The van der Waals surface area contributed by atoms with E-state index in [1.165, 1.54) is 45.3 Å². The molecule has 102 valence electrons. The lowest BCUT2D eigenvalue weighted by Crippen LogP contribution is -2.46. The molecule has 2 unspecified atom stereocenters. The van der Waals surface area contributed by atoms with Gasteiger partial charge in [0.2, 0.25) is 0 Å². The molecule has 1 aliphatic rings. The normalized spacial score (nSPS) is 28.6. The van der Waals surface area contributed by atoms with Gasteiger partial charge in [0.15, 0.2) is 0 Å². The first-order valence-corrected chi connectivity index (χ1v) is 7.42. The molecule has 1 aliphatic carbocycles. The number of nitrogens with zero attached hydrogens (tertiary/aromatic N) is 1. The Balaban J connectivity index is 2.56. The topological polar surface area (TPSA) is 15.3 Å². The zero-order chi connectivity index (χ0) is 12.9. The predicted octanol–water partition coefficient (Wildman–Crippen LogP) is 3.13. The first-order chi connectivity index (χ1) is 8.02. The summed E-state index contributed by atoms with van der Waals surface area (Å²) in [5, 5.41) is 3.54. The lowest BCUT2D eigenvalue weighted by atomic mass is 9.69. The van der Waals surface area contributed by atoms with Crippen LogP contribution in [0.2, 0.25) is 0 Å². The molecular formula is C15H32N2. The van der Waals surface area contributed by atoms with E-state index in [4.69, 9.17) is 0 Å². The molecule has 1 N–H and O–H groups in total. The summed E-state index contributed by atoms with van der Waals surface area (Å²) in [6.45, 7) is 13.2. The first-order valence-electron chi connectivity index (χ1n) is 7.42. The molecule has 1 rings (SSSR count). The van der Waals surface area contributed by atoms with Gasteiger partial charge in [-0.2, -0.15) is 0 Å². The fourth-order valence-electron chi connectivity index (χ4n) is 3.33. The molecule has 0 radical (unpaired) electrons. The van der Waals surface area contributed by atoms with Crippen LogP contribution < -0.4 is 5.32 Å². The molecule has 17 heavy (non-hydrogen) atoms. The highest BCUT2D eigenvalue weighted by molar-refractivity contribution is 4.89. The van der Waals surface area contributed by atoms with Crippen LogP contribution in [0.1, 0.15) is 53.4 Å². The van der Waals surface area contributed by atoms with Crippen LogP contribution in [0.5, 0.6) is 0 Å². The molecule has 0 aromatic rings. The Morgan fingerprint density at radius 3 is 2.53 bits per heavy atom. The minimum absolute atomic E-state index is 0.545. The van der Waals surface area contributed by atoms with Crippen LogP contribution in [0.3, 0.4) is 0 Å². The third-order valence-corrected chi connectivity index (χ3v) is 4.37. The minimum Gasteiger partial charge on any atom is -0.317 e. The van der Waals surface area contributed by atoms with Crippen LogP contribution >= 0.6 is 0 Å². The fourth-order valence-corrected chi connectivity index (χ4v) is 3.33. The average molecular weight is 240 g/mol. The van der Waals surface area contributed by atoms with Gasteiger partial charge in [0.1, 0.15) is 0 Å². The number of hydrogen-bond acceptors (Lipinski definition) is 2. The van der Waals surface area contributed by atoms with E-state index >= 15 is 0 Å². The van der Waals surface area contributed by atoms with Crippen molar-refractivity contribution in [3.05, 3.63) is 0 Å². The zero-order valence-corrected chi connectivity index (χ0v) is 12.6. The summed E-state index contributed by atoms with van der Waals surface area (Å²) in [6, 6.07) is 0.730. The lowest BCUT2D eigenvalue weighted by Gasteiger charge is -2.42. The van der Waals surface area contributed by atoms with Crippen LogP contribution in [-0.2, 0) is 0 Å². The molecule has 0 spiro atoms. The van der Waals surface area contributed by atoms with Crippen LogP contribution in [0.15, 0.2) is 0 Å². The van der Waals surface area contributed by atoms with Gasteiger partial charge in [-0.15, -0.1) is 0 Å². The van der Waals surface area contributed by atoms with E-state index < -0.39 is 0 Å². The van der Waals surface area contributed by atoms with Crippen LogP contribution in [-0.4, -0.2) is 37.6 Å². The SMILES string of the molecule is CCCN(CC)CC1CC(C)(C)CCC1NC. The minimum atomic E-state index is 0.545. The molecule has 0 bridgehead atoms. The molecular weight excluding hydrogens is 208 g/mol. The maximum atomic E-state index is 3.54. The highest BCUT2D eigenvalue weighted by Crippen LogP contribution is 2.38. The molecule has 2 heteroatoms.